The lowest BCUT2D eigenvalue weighted by Gasteiger charge is -2.11. The van der Waals surface area contributed by atoms with E-state index in [2.05, 4.69) is 0 Å². The van der Waals surface area contributed by atoms with Gasteiger partial charge in [0.05, 0.1) is 5.56 Å². The van der Waals surface area contributed by atoms with E-state index in [4.69, 9.17) is 9.47 Å². The minimum absolute atomic E-state index is 0.173. The van der Waals surface area contributed by atoms with Crippen LogP contribution in [0, 0.1) is 18.6 Å². The van der Waals surface area contributed by atoms with Gasteiger partial charge in [0.15, 0.2) is 5.76 Å². The largest absolute Gasteiger partial charge is 0.488 e. The molecule has 0 bridgehead atoms. The van der Waals surface area contributed by atoms with Crippen molar-refractivity contribution in [1.82, 2.24) is 0 Å². The molecule has 1 aliphatic rings. The zero-order valence-corrected chi connectivity index (χ0v) is 15.0. The highest BCUT2D eigenvalue weighted by atomic mass is 19.1. The van der Waals surface area contributed by atoms with Crippen LogP contribution >= 0.6 is 0 Å². The van der Waals surface area contributed by atoms with E-state index in [1.54, 1.807) is 49.4 Å². The molecule has 0 aliphatic carbocycles. The van der Waals surface area contributed by atoms with Gasteiger partial charge in [-0.3, -0.25) is 4.79 Å². The topological polar surface area (TPSA) is 35.5 Å². The van der Waals surface area contributed by atoms with Crippen LogP contribution in [-0.2, 0) is 6.61 Å². The highest BCUT2D eigenvalue weighted by molar-refractivity contribution is 6.14. The Bertz CT molecular complexity index is 1090. The molecule has 3 aromatic rings. The van der Waals surface area contributed by atoms with Gasteiger partial charge in [0.2, 0.25) is 5.78 Å². The quantitative estimate of drug-likeness (QED) is 0.565. The molecule has 5 heteroatoms. The first-order valence-electron chi connectivity index (χ1n) is 8.72. The zero-order chi connectivity index (χ0) is 19.7. The van der Waals surface area contributed by atoms with Gasteiger partial charge in [0.25, 0.3) is 0 Å². The van der Waals surface area contributed by atoms with Crippen molar-refractivity contribution in [3.05, 3.63) is 100 Å². The van der Waals surface area contributed by atoms with Crippen LogP contribution < -0.4 is 9.47 Å². The number of hydrogen-bond donors (Lipinski definition) is 0. The highest BCUT2D eigenvalue weighted by Crippen LogP contribution is 2.39. The number of rotatable bonds is 4. The van der Waals surface area contributed by atoms with Crippen molar-refractivity contribution in [1.29, 1.82) is 0 Å². The number of carbonyl (C=O) groups is 1. The minimum Gasteiger partial charge on any atom is -0.488 e. The van der Waals surface area contributed by atoms with Gasteiger partial charge in [-0.2, -0.15) is 0 Å². The van der Waals surface area contributed by atoms with E-state index in [1.165, 1.54) is 24.3 Å². The van der Waals surface area contributed by atoms with E-state index in [-0.39, 0.29) is 29.8 Å². The molecule has 140 valence electrons. The van der Waals surface area contributed by atoms with Gasteiger partial charge >= 0.3 is 0 Å². The summed E-state index contributed by atoms with van der Waals surface area (Å²) in [6.07, 6.45) is 1.58. The Balaban J connectivity index is 1.57. The number of benzene rings is 3. The fraction of sp³-hybridized carbons (Fsp3) is 0.0870. The van der Waals surface area contributed by atoms with Crippen molar-refractivity contribution in [3.8, 4) is 11.5 Å². The lowest BCUT2D eigenvalue weighted by molar-refractivity contribution is 0.101. The van der Waals surface area contributed by atoms with Crippen molar-refractivity contribution in [2.24, 2.45) is 0 Å². The van der Waals surface area contributed by atoms with Gasteiger partial charge in [0, 0.05) is 5.56 Å². The van der Waals surface area contributed by atoms with Crippen molar-refractivity contribution in [2.45, 2.75) is 13.5 Å². The van der Waals surface area contributed by atoms with E-state index in [0.717, 1.165) is 0 Å². The van der Waals surface area contributed by atoms with Crippen LogP contribution in [0.5, 0.6) is 11.5 Å². The van der Waals surface area contributed by atoms with Crippen molar-refractivity contribution >= 4 is 11.9 Å². The monoisotopic (exact) mass is 378 g/mol. The van der Waals surface area contributed by atoms with Crippen LogP contribution in [0.4, 0.5) is 8.78 Å². The Morgan fingerprint density at radius 1 is 1.00 bits per heavy atom. The van der Waals surface area contributed by atoms with Crippen molar-refractivity contribution in [3.63, 3.8) is 0 Å². The molecule has 28 heavy (non-hydrogen) atoms. The molecule has 0 fully saturated rings. The van der Waals surface area contributed by atoms with E-state index in [1.807, 2.05) is 0 Å². The second-order valence-corrected chi connectivity index (χ2v) is 6.48. The molecule has 0 aromatic heterocycles. The first kappa shape index (κ1) is 17.9. The maximum atomic E-state index is 13.3. The van der Waals surface area contributed by atoms with E-state index in [0.29, 0.717) is 33.8 Å². The average molecular weight is 378 g/mol. The van der Waals surface area contributed by atoms with Crippen LogP contribution in [-0.4, -0.2) is 5.78 Å². The molecule has 0 radical (unpaired) electrons. The molecular formula is C23H16F2O3. The van der Waals surface area contributed by atoms with Gasteiger partial charge in [-0.25, -0.2) is 8.78 Å². The lowest BCUT2D eigenvalue weighted by atomic mass is 10.1. The molecule has 3 aromatic carbocycles. The normalized spacial score (nSPS) is 14.1. The second kappa shape index (κ2) is 7.27. The molecule has 0 unspecified atom stereocenters. The molecule has 0 spiro atoms. The third-order valence-electron chi connectivity index (χ3n) is 4.49. The number of hydrogen-bond acceptors (Lipinski definition) is 3. The molecule has 0 saturated carbocycles. The van der Waals surface area contributed by atoms with E-state index < -0.39 is 0 Å². The molecule has 4 rings (SSSR count). The summed E-state index contributed by atoms with van der Waals surface area (Å²) in [6.45, 7) is 2.00. The Morgan fingerprint density at radius 2 is 1.79 bits per heavy atom. The van der Waals surface area contributed by atoms with Crippen LogP contribution in [0.1, 0.15) is 27.0 Å². The maximum Gasteiger partial charge on any atom is 0.231 e. The standard InChI is InChI=1S/C23H16F2O3/c1-14-20(27-13-16-3-2-4-18(25)11-16)10-9-19-22(26)21(28-23(14)19)12-15-5-7-17(24)8-6-15/h2-12H,13H2,1H3/b21-12-. The number of allylic oxidation sites excluding steroid dienone is 1. The fourth-order valence-corrected chi connectivity index (χ4v) is 3.02. The third-order valence-corrected chi connectivity index (χ3v) is 4.49. The summed E-state index contributed by atoms with van der Waals surface area (Å²) in [7, 11) is 0. The summed E-state index contributed by atoms with van der Waals surface area (Å²) in [5, 5.41) is 0. The van der Waals surface area contributed by atoms with Gasteiger partial charge in [-0.15, -0.1) is 0 Å². The second-order valence-electron chi connectivity index (χ2n) is 6.48. The number of carbonyl (C=O) groups excluding carboxylic acids is 1. The smallest absolute Gasteiger partial charge is 0.231 e. The number of ketones is 1. The SMILES string of the molecule is Cc1c(OCc2cccc(F)c2)ccc2c1O/C(=C\c1ccc(F)cc1)C2=O. The summed E-state index contributed by atoms with van der Waals surface area (Å²) in [4.78, 5) is 12.6. The molecule has 0 atom stereocenters. The molecule has 3 nitrogen and oxygen atoms in total. The highest BCUT2D eigenvalue weighted by Gasteiger charge is 2.30. The Morgan fingerprint density at radius 3 is 2.54 bits per heavy atom. The number of halogens is 2. The Labute approximate surface area is 160 Å². The van der Waals surface area contributed by atoms with Gasteiger partial charge < -0.3 is 9.47 Å². The van der Waals surface area contributed by atoms with Crippen LogP contribution in [0.3, 0.4) is 0 Å². The molecule has 1 aliphatic heterocycles. The van der Waals surface area contributed by atoms with Crippen molar-refractivity contribution in [2.75, 3.05) is 0 Å². The van der Waals surface area contributed by atoms with E-state index >= 15 is 0 Å². The molecule has 0 saturated heterocycles. The Hall–Kier alpha value is -3.47. The first-order valence-corrected chi connectivity index (χ1v) is 8.72. The maximum absolute atomic E-state index is 13.3. The molecule has 0 amide bonds. The third kappa shape index (κ3) is 3.51. The number of ether oxygens (including phenoxy) is 2. The molecule has 0 N–H and O–H groups in total. The summed E-state index contributed by atoms with van der Waals surface area (Å²) in [5.74, 6) is 0.261. The summed E-state index contributed by atoms with van der Waals surface area (Å²) >= 11 is 0. The predicted octanol–water partition coefficient (Wildman–Crippen LogP) is 5.47. The van der Waals surface area contributed by atoms with Crippen LogP contribution in [0.15, 0.2) is 66.4 Å². The average Bonchev–Trinajstić information content (AvgIpc) is 3.00. The van der Waals surface area contributed by atoms with Crippen LogP contribution in [0.2, 0.25) is 0 Å². The molecular weight excluding hydrogens is 362 g/mol. The predicted molar refractivity (Wildman–Crippen MR) is 101 cm³/mol. The summed E-state index contributed by atoms with van der Waals surface area (Å²) < 4.78 is 37.9. The summed E-state index contributed by atoms with van der Waals surface area (Å²) in [5.41, 5.74) is 2.50. The van der Waals surface area contributed by atoms with Crippen molar-refractivity contribution < 1.29 is 23.0 Å². The van der Waals surface area contributed by atoms with E-state index in [9.17, 15) is 13.6 Å². The lowest BCUT2D eigenvalue weighted by Crippen LogP contribution is -1.98. The van der Waals surface area contributed by atoms with Gasteiger partial charge in [-0.1, -0.05) is 24.3 Å². The first-order chi connectivity index (χ1) is 13.5. The Kier molecular flexibility index (Phi) is 4.65. The minimum atomic E-state index is -0.347. The van der Waals surface area contributed by atoms with Gasteiger partial charge in [-0.05, 0) is 60.5 Å². The number of Topliss-reactive ketones (excluding diaryl/α,β-unsaturated/α-hetero) is 1. The fourth-order valence-electron chi connectivity index (χ4n) is 3.02. The molecule has 1 heterocycles. The van der Waals surface area contributed by atoms with Crippen LogP contribution in [0.25, 0.3) is 6.08 Å². The number of fused-ring (bicyclic) bond motifs is 1. The van der Waals surface area contributed by atoms with Gasteiger partial charge in [0.1, 0.15) is 29.7 Å². The zero-order valence-electron chi connectivity index (χ0n) is 15.0. The summed E-state index contributed by atoms with van der Waals surface area (Å²) in [6, 6.07) is 15.3.